The van der Waals surface area contributed by atoms with Crippen LogP contribution in [0.4, 0.5) is 4.39 Å². The molecule has 0 saturated carbocycles. The molecule has 0 spiro atoms. The molecule has 6 heteroatoms. The lowest BCUT2D eigenvalue weighted by molar-refractivity contribution is 0.0951. The molecule has 0 fully saturated rings. The first-order valence-electron chi connectivity index (χ1n) is 8.42. The molecule has 2 aromatic heterocycles. The molecule has 0 radical (unpaired) electrons. The van der Waals surface area contributed by atoms with Crippen LogP contribution in [0.1, 0.15) is 15.9 Å². The van der Waals surface area contributed by atoms with Crippen molar-refractivity contribution < 1.29 is 9.18 Å². The van der Waals surface area contributed by atoms with E-state index in [0.717, 1.165) is 16.1 Å². The smallest absolute Gasteiger partial charge is 0.255 e. The molecule has 134 valence electrons. The number of nitrogens with one attached hydrogen (secondary N) is 1. The molecule has 4 aromatic rings. The average Bonchev–Trinajstić information content (AvgIpc) is 3.37. The highest BCUT2D eigenvalue weighted by Gasteiger charge is 2.19. The quantitative estimate of drug-likeness (QED) is 0.549. The minimum atomic E-state index is -0.297. The maximum absolute atomic E-state index is 13.0. The lowest BCUT2D eigenvalue weighted by Crippen LogP contribution is -2.22. The first-order chi connectivity index (χ1) is 13.2. The van der Waals surface area contributed by atoms with Gasteiger partial charge in [0.05, 0.1) is 16.1 Å². The molecule has 27 heavy (non-hydrogen) atoms. The average molecular weight is 377 g/mol. The molecule has 1 amide bonds. The van der Waals surface area contributed by atoms with Crippen molar-refractivity contribution in [2.45, 2.75) is 6.54 Å². The number of thiophene rings is 1. The highest BCUT2D eigenvalue weighted by atomic mass is 32.1. The highest BCUT2D eigenvalue weighted by Crippen LogP contribution is 2.27. The minimum absolute atomic E-state index is 0.218. The first-order valence-corrected chi connectivity index (χ1v) is 9.30. The van der Waals surface area contributed by atoms with Crippen LogP contribution in [0.3, 0.4) is 0 Å². The van der Waals surface area contributed by atoms with Gasteiger partial charge in [0.2, 0.25) is 0 Å². The Morgan fingerprint density at radius 3 is 2.52 bits per heavy atom. The van der Waals surface area contributed by atoms with Crippen LogP contribution in [-0.2, 0) is 6.54 Å². The van der Waals surface area contributed by atoms with Crippen molar-refractivity contribution in [2.75, 3.05) is 0 Å². The van der Waals surface area contributed by atoms with Crippen molar-refractivity contribution >= 4 is 17.2 Å². The van der Waals surface area contributed by atoms with Crippen molar-refractivity contribution in [3.05, 3.63) is 95.3 Å². The van der Waals surface area contributed by atoms with Gasteiger partial charge in [-0.1, -0.05) is 36.4 Å². The van der Waals surface area contributed by atoms with Gasteiger partial charge in [-0.3, -0.25) is 4.79 Å². The summed E-state index contributed by atoms with van der Waals surface area (Å²) in [6.45, 7) is 0.319. The summed E-state index contributed by atoms with van der Waals surface area (Å²) in [6.07, 6.45) is 1.74. The van der Waals surface area contributed by atoms with Crippen molar-refractivity contribution in [3.63, 3.8) is 0 Å². The minimum Gasteiger partial charge on any atom is -0.348 e. The Bertz CT molecular complexity index is 1040. The fraction of sp³-hybridized carbons (Fsp3) is 0.0476. The molecule has 1 N–H and O–H groups in total. The van der Waals surface area contributed by atoms with Crippen molar-refractivity contribution in [3.8, 4) is 16.3 Å². The van der Waals surface area contributed by atoms with Crippen molar-refractivity contribution in [1.29, 1.82) is 0 Å². The largest absolute Gasteiger partial charge is 0.348 e. The van der Waals surface area contributed by atoms with E-state index in [4.69, 9.17) is 0 Å². The van der Waals surface area contributed by atoms with Gasteiger partial charge >= 0.3 is 0 Å². The van der Waals surface area contributed by atoms with Gasteiger partial charge in [0.25, 0.3) is 5.91 Å². The normalized spacial score (nSPS) is 10.7. The Morgan fingerprint density at radius 2 is 1.81 bits per heavy atom. The number of para-hydroxylation sites is 1. The second-order valence-electron chi connectivity index (χ2n) is 5.96. The van der Waals surface area contributed by atoms with Gasteiger partial charge in [0, 0.05) is 12.7 Å². The SMILES string of the molecule is O=C(NCc1ccc(F)cc1)c1cn(-c2ccccc2)nc1-c1cccs1. The van der Waals surface area contributed by atoms with Gasteiger partial charge in [-0.15, -0.1) is 11.3 Å². The fourth-order valence-electron chi connectivity index (χ4n) is 2.73. The number of carbonyl (C=O) groups excluding carboxylic acids is 1. The van der Waals surface area contributed by atoms with Crippen molar-refractivity contribution in [1.82, 2.24) is 15.1 Å². The second kappa shape index (κ2) is 7.55. The zero-order chi connectivity index (χ0) is 18.6. The van der Waals surface area contributed by atoms with Crippen LogP contribution in [-0.4, -0.2) is 15.7 Å². The van der Waals surface area contributed by atoms with E-state index >= 15 is 0 Å². The third-order valence-corrected chi connectivity index (χ3v) is 4.98. The monoisotopic (exact) mass is 377 g/mol. The second-order valence-corrected chi connectivity index (χ2v) is 6.91. The Morgan fingerprint density at radius 1 is 1.04 bits per heavy atom. The van der Waals surface area contributed by atoms with Gasteiger partial charge < -0.3 is 5.32 Å². The summed E-state index contributed by atoms with van der Waals surface area (Å²) in [5.74, 6) is -0.515. The topological polar surface area (TPSA) is 46.9 Å². The molecule has 0 atom stereocenters. The Kier molecular flexibility index (Phi) is 4.80. The number of aromatic nitrogens is 2. The molecule has 4 nitrogen and oxygen atoms in total. The zero-order valence-electron chi connectivity index (χ0n) is 14.3. The molecule has 0 bridgehead atoms. The van der Waals surface area contributed by atoms with E-state index in [-0.39, 0.29) is 11.7 Å². The summed E-state index contributed by atoms with van der Waals surface area (Å²) in [5, 5.41) is 9.47. The van der Waals surface area contributed by atoms with Gasteiger partial charge in [-0.05, 0) is 41.3 Å². The van der Waals surface area contributed by atoms with E-state index in [2.05, 4.69) is 10.4 Å². The molecule has 0 aliphatic carbocycles. The summed E-state index contributed by atoms with van der Waals surface area (Å²) in [4.78, 5) is 13.7. The lowest BCUT2D eigenvalue weighted by atomic mass is 10.2. The molecule has 0 aliphatic heterocycles. The van der Waals surface area contributed by atoms with Crippen LogP contribution in [0.15, 0.2) is 78.3 Å². The number of carbonyl (C=O) groups is 1. The summed E-state index contributed by atoms with van der Waals surface area (Å²) >= 11 is 1.53. The molecule has 2 aromatic carbocycles. The molecule has 0 aliphatic rings. The Labute approximate surface area is 159 Å². The van der Waals surface area contributed by atoms with E-state index in [1.807, 2.05) is 47.8 Å². The van der Waals surface area contributed by atoms with Crippen LogP contribution in [0.25, 0.3) is 16.3 Å². The molecule has 0 saturated heterocycles. The van der Waals surface area contributed by atoms with Gasteiger partial charge in [-0.25, -0.2) is 9.07 Å². The zero-order valence-corrected chi connectivity index (χ0v) is 15.1. The van der Waals surface area contributed by atoms with Gasteiger partial charge in [0.15, 0.2) is 0 Å². The van der Waals surface area contributed by atoms with E-state index in [1.54, 1.807) is 23.0 Å². The van der Waals surface area contributed by atoms with Crippen LogP contribution in [0, 0.1) is 5.82 Å². The molecule has 0 unspecified atom stereocenters. The summed E-state index contributed by atoms with van der Waals surface area (Å²) in [5.41, 5.74) is 2.86. The van der Waals surface area contributed by atoms with Crippen molar-refractivity contribution in [2.24, 2.45) is 0 Å². The Balaban J connectivity index is 1.63. The number of hydrogen-bond donors (Lipinski definition) is 1. The lowest BCUT2D eigenvalue weighted by Gasteiger charge is -2.05. The number of rotatable bonds is 5. The number of hydrogen-bond acceptors (Lipinski definition) is 3. The molecule has 2 heterocycles. The van der Waals surface area contributed by atoms with Gasteiger partial charge in [-0.2, -0.15) is 5.10 Å². The van der Waals surface area contributed by atoms with E-state index < -0.39 is 0 Å². The first kappa shape index (κ1) is 17.2. The maximum Gasteiger partial charge on any atom is 0.255 e. The summed E-state index contributed by atoms with van der Waals surface area (Å²) in [6, 6.07) is 19.6. The van der Waals surface area contributed by atoms with E-state index in [9.17, 15) is 9.18 Å². The van der Waals surface area contributed by atoms with Gasteiger partial charge in [0.1, 0.15) is 11.5 Å². The molecule has 4 rings (SSSR count). The number of halogens is 1. The summed E-state index contributed by atoms with van der Waals surface area (Å²) < 4.78 is 14.7. The molecular formula is C21H16FN3OS. The number of nitrogens with zero attached hydrogens (tertiary/aromatic N) is 2. The van der Waals surface area contributed by atoms with Crippen LogP contribution in [0.2, 0.25) is 0 Å². The van der Waals surface area contributed by atoms with E-state index in [0.29, 0.717) is 17.8 Å². The predicted octanol–water partition coefficient (Wildman–Crippen LogP) is 4.67. The third-order valence-electron chi connectivity index (χ3n) is 4.10. The highest BCUT2D eigenvalue weighted by molar-refractivity contribution is 7.13. The van der Waals surface area contributed by atoms with Crippen LogP contribution in [0.5, 0.6) is 0 Å². The van der Waals surface area contributed by atoms with E-state index in [1.165, 1.54) is 23.5 Å². The molecular weight excluding hydrogens is 361 g/mol. The maximum atomic E-state index is 13.0. The number of amides is 1. The third kappa shape index (κ3) is 3.80. The standard InChI is InChI=1S/C21H16FN3OS/c22-16-10-8-15(9-11-16)13-23-21(26)18-14-25(17-5-2-1-3-6-17)24-20(18)19-7-4-12-27-19/h1-12,14H,13H2,(H,23,26). The van der Waals surface area contributed by atoms with Crippen LogP contribution < -0.4 is 5.32 Å². The predicted molar refractivity (Wildman–Crippen MR) is 104 cm³/mol. The fourth-order valence-corrected chi connectivity index (χ4v) is 3.45. The van der Waals surface area contributed by atoms with Crippen LogP contribution >= 0.6 is 11.3 Å². The number of benzene rings is 2. The summed E-state index contributed by atoms with van der Waals surface area (Å²) in [7, 11) is 0. The Hall–Kier alpha value is -3.25.